The van der Waals surface area contributed by atoms with E-state index in [1.54, 1.807) is 53.4 Å². The zero-order valence-corrected chi connectivity index (χ0v) is 77.5. The molecule has 0 bridgehead atoms. The normalized spacial score (nSPS) is 23.2. The molecule has 132 heavy (non-hydrogen) atoms. The molecular formula is C101H113F2N15O12S2. The number of methoxy groups -OCH3 is 3. The van der Waals surface area contributed by atoms with Gasteiger partial charge in [0.1, 0.15) is 52.9 Å². The third-order valence-corrected chi connectivity index (χ3v) is 30.6. The smallest absolute Gasteiger partial charge is 0.407 e. The number of rotatable bonds is 23. The van der Waals surface area contributed by atoms with Crippen molar-refractivity contribution in [3.63, 3.8) is 0 Å². The van der Waals surface area contributed by atoms with Crippen LogP contribution >= 0.6 is 22.7 Å². The van der Waals surface area contributed by atoms with Crippen LogP contribution in [0.1, 0.15) is 211 Å². The Morgan fingerprint density at radius 1 is 0.515 bits per heavy atom. The number of nitrogens with one attached hydrogen (secondary N) is 6. The maximum atomic E-state index is 17.1. The van der Waals surface area contributed by atoms with Gasteiger partial charge in [-0.1, -0.05) is 39.8 Å². The van der Waals surface area contributed by atoms with Crippen LogP contribution in [0.5, 0.6) is 11.5 Å². The number of nitrogens with zero attached hydrogens (tertiary/aromatic N) is 9. The van der Waals surface area contributed by atoms with Crippen molar-refractivity contribution < 1.29 is 66.0 Å². The summed E-state index contributed by atoms with van der Waals surface area (Å²) in [6.07, 6.45) is 20.5. The van der Waals surface area contributed by atoms with Crippen molar-refractivity contribution in [2.45, 2.75) is 224 Å². The summed E-state index contributed by atoms with van der Waals surface area (Å²) in [5.74, 6) is 2.40. The van der Waals surface area contributed by atoms with Gasteiger partial charge in [-0.2, -0.15) is 0 Å². The minimum Gasteiger partial charge on any atom is -0.464 e. The van der Waals surface area contributed by atoms with Crippen LogP contribution in [-0.4, -0.2) is 181 Å². The minimum absolute atomic E-state index is 0.0474. The van der Waals surface area contributed by atoms with Crippen molar-refractivity contribution >= 4 is 103 Å². The second-order valence-corrected chi connectivity index (χ2v) is 40.6. The molecule has 6 unspecified atom stereocenters. The molecule has 4 aromatic carbocycles. The first kappa shape index (κ1) is 88.1. The van der Waals surface area contributed by atoms with Crippen molar-refractivity contribution in [2.24, 2.45) is 39.6 Å². The number of alkyl carbamates (subject to hydrolysis) is 3. The molecule has 0 radical (unpaired) electrons. The number of ether oxygens (including phenoxy) is 6. The Hall–Kier alpha value is -11.8. The van der Waals surface area contributed by atoms with E-state index in [9.17, 15) is 28.8 Å². The molecule has 6 amide bonds. The Morgan fingerprint density at radius 2 is 0.970 bits per heavy atom. The average molecular weight is 1830 g/mol. The molecule has 2 saturated carbocycles. The van der Waals surface area contributed by atoms with Crippen molar-refractivity contribution in [2.75, 3.05) is 47.5 Å². The Morgan fingerprint density at radius 3 is 1.42 bits per heavy atom. The fourth-order valence-corrected chi connectivity index (χ4v) is 23.6. The number of carbonyl (C=O) groups is 6. The fourth-order valence-electron chi connectivity index (χ4n) is 21.3. The average Bonchev–Trinajstić information content (AvgIpc) is 1.56. The summed E-state index contributed by atoms with van der Waals surface area (Å²) in [4.78, 5) is 116. The van der Waals surface area contributed by atoms with Crippen LogP contribution in [0.25, 0.3) is 78.0 Å². The number of carbonyl (C=O) groups excluding carboxylic acids is 6. The topological polar surface area (TPSA) is 308 Å². The third kappa shape index (κ3) is 17.4. The molecule has 7 fully saturated rings. The summed E-state index contributed by atoms with van der Waals surface area (Å²) < 4.78 is 72.6. The van der Waals surface area contributed by atoms with Gasteiger partial charge in [-0.15, -0.1) is 22.7 Å². The number of allylic oxidation sites excluding steroid dienone is 2. The van der Waals surface area contributed by atoms with Crippen LogP contribution in [-0.2, 0) is 46.2 Å². The fraction of sp³-hybridized carbons (Fsp3) is 0.465. The molecular weight excluding hydrogens is 1720 g/mol. The van der Waals surface area contributed by atoms with Gasteiger partial charge in [-0.3, -0.25) is 33.5 Å². The standard InChI is InChI=1S/C56H65FN8O8S.C45H48FN7O4S/c1-29(2)49(61-55(68)70-5)52(66)63-17-7-9-43(63)40-24-37(27-58-40)34-23-39(57)48-45-25-35-22-33(13-15-42(35)65(45)54(73-46(48)26-34)47-16-14-38(74-47)21-32-11-12-32)41-28-59-51(60-41)44-10-8-18-64(44)53(67)50(62-56(69)71-6)36-19-30(3)72-31(4)20-36;1-24(2)41(51-45(55)56-3)43(54)52-15-5-7-36(52)33-19-29(22-48-33)27-18-31(46)40-37-20-28-17-26(34-23-49-42(50-34)32-6-4-14-47-32)10-12-35(28)53(37)44(57-38(40)21-27)39-13-11-30(58-39)16-25-8-9-25/h13-16,22-23,25-32,36,43-44,49-50,54H,7-12,17-21,24H2,1-6H3,(H,59,60)(H,61,68)(H,62,69);10-13,17-18,20-25,32,36,41,44,47H,4-9,14-16,19H2,1-3H3,(H,49,50)(H,51,55)/t30-,31+,36?,43-,44+,49-,50?,54?;32?,36?,41-,44?/m00/s1. The van der Waals surface area contributed by atoms with E-state index in [-0.39, 0.29) is 77.7 Å². The highest BCUT2D eigenvalue weighted by Crippen LogP contribution is 2.53. The van der Waals surface area contributed by atoms with E-state index < -0.39 is 54.7 Å². The van der Waals surface area contributed by atoms with Crippen LogP contribution in [0.2, 0.25) is 0 Å². The van der Waals surface area contributed by atoms with E-state index in [4.69, 9.17) is 48.4 Å². The second kappa shape index (κ2) is 36.6. The third-order valence-electron chi connectivity index (χ3n) is 28.3. The lowest BCUT2D eigenvalue weighted by Crippen LogP contribution is -2.54. The van der Waals surface area contributed by atoms with Gasteiger partial charge in [0.25, 0.3) is 0 Å². The maximum Gasteiger partial charge on any atom is 0.407 e. The first-order valence-electron chi connectivity index (χ1n) is 46.9. The number of aliphatic imine (C=N–C) groups is 2. The number of amides is 6. The monoisotopic (exact) mass is 1830 g/mol. The van der Waals surface area contributed by atoms with Crippen molar-refractivity contribution in [1.29, 1.82) is 0 Å². The lowest BCUT2D eigenvalue weighted by molar-refractivity contribution is -0.138. The number of aromatic nitrogens is 6. The number of hydrogen-bond acceptors (Lipinski definition) is 19. The van der Waals surface area contributed by atoms with Crippen molar-refractivity contribution in [1.82, 2.24) is 65.0 Å². The number of thiophene rings is 2. The molecule has 11 aliphatic rings. The lowest BCUT2D eigenvalue weighted by Gasteiger charge is -2.38. The Bertz CT molecular complexity index is 6290. The Labute approximate surface area is 773 Å². The van der Waals surface area contributed by atoms with E-state index in [0.717, 1.165) is 165 Å². The number of imidazole rings is 2. The molecule has 15 heterocycles. The van der Waals surface area contributed by atoms with Crippen LogP contribution in [0.15, 0.2) is 132 Å². The second-order valence-electron chi connectivity index (χ2n) is 38.2. The van der Waals surface area contributed by atoms with Crippen LogP contribution < -0.4 is 30.7 Å². The van der Waals surface area contributed by atoms with Crippen molar-refractivity contribution in [3.05, 3.63) is 176 Å². The van der Waals surface area contributed by atoms with Gasteiger partial charge in [-0.25, -0.2) is 33.1 Å². The SMILES string of the molecule is COC(=O)NC(C(=O)N1CCC[C@@H]1c1ncc(-c2ccc3c(c2)cc2n3C(c3ccc(CC4CC4)s3)Oc3cc(C4=CN=C([C@@H]5CCCN5C(=O)[C@@H](NC(=O)OC)C(C)C)C4)cc(F)c3-2)[nH]1)C1C[C@@H](C)O[C@@H](C)C1.COC(=O)N[C@H](C(=O)N1CCCC1C1=NC=C(c2cc(F)c3c(c2)OC(c2ccc(CC4CC4)s2)n2c-3cc3cc(-c4cnc(C5CCCN5)[nH]4)ccc32)C1)C(C)C. The van der Waals surface area contributed by atoms with Gasteiger partial charge >= 0.3 is 18.3 Å². The zero-order chi connectivity index (χ0) is 91.2. The largest absolute Gasteiger partial charge is 0.464 e. The molecule has 9 aliphatic heterocycles. The first-order valence-corrected chi connectivity index (χ1v) is 48.5. The maximum absolute atomic E-state index is 17.1. The summed E-state index contributed by atoms with van der Waals surface area (Å²) in [5.41, 5.74) is 12.6. The highest BCUT2D eigenvalue weighted by molar-refractivity contribution is 7.12. The van der Waals surface area contributed by atoms with Gasteiger partial charge in [0, 0.05) is 88.0 Å². The van der Waals surface area contributed by atoms with Gasteiger partial charge in [-0.05, 0) is 260 Å². The molecule has 10 aromatic rings. The summed E-state index contributed by atoms with van der Waals surface area (Å²) in [5, 5.41) is 13.7. The van der Waals surface area contributed by atoms with Gasteiger partial charge in [0.05, 0.1) is 125 Å². The number of likely N-dealkylation sites (tertiary alicyclic amines) is 3. The first-order chi connectivity index (χ1) is 64.0. The molecule has 12 atom stereocenters. The number of hydrogen-bond donors (Lipinski definition) is 6. The lowest BCUT2D eigenvalue weighted by atomic mass is 9.85. The molecule has 6 aromatic heterocycles. The number of halogens is 2. The molecule has 31 heteroatoms. The van der Waals surface area contributed by atoms with E-state index in [0.29, 0.717) is 96.5 Å². The molecule has 27 nitrogen and oxygen atoms in total. The molecule has 21 rings (SSSR count). The van der Waals surface area contributed by atoms with E-state index >= 15 is 8.78 Å². The quantitative estimate of drug-likeness (QED) is 0.0324. The van der Waals surface area contributed by atoms with Gasteiger partial charge in [0.15, 0.2) is 0 Å². The van der Waals surface area contributed by atoms with Crippen LogP contribution in [0, 0.1) is 41.2 Å². The van der Waals surface area contributed by atoms with E-state index in [1.807, 2.05) is 86.7 Å². The summed E-state index contributed by atoms with van der Waals surface area (Å²) in [6.45, 7) is 14.3. The van der Waals surface area contributed by atoms with Gasteiger partial charge < -0.3 is 74.4 Å². The number of fused-ring (bicyclic) bond motifs is 10. The predicted octanol–water partition coefficient (Wildman–Crippen LogP) is 18.7. The molecule has 690 valence electrons. The molecule has 0 spiro atoms. The number of aromatic amines is 2. The summed E-state index contributed by atoms with van der Waals surface area (Å²) >= 11 is 3.52. The summed E-state index contributed by atoms with van der Waals surface area (Å²) in [7, 11) is 3.88. The molecule has 2 aliphatic carbocycles. The van der Waals surface area contributed by atoms with Crippen LogP contribution in [0.3, 0.4) is 0 Å². The Kier molecular flexibility index (Phi) is 24.5. The zero-order valence-electron chi connectivity index (χ0n) is 75.8. The van der Waals surface area contributed by atoms with Crippen molar-refractivity contribution in [3.8, 4) is 56.5 Å². The Balaban J connectivity index is 0.000000169. The van der Waals surface area contributed by atoms with E-state index in [2.05, 4.69) is 101 Å². The van der Waals surface area contributed by atoms with E-state index in [1.165, 1.54) is 56.8 Å². The van der Waals surface area contributed by atoms with Gasteiger partial charge in [0.2, 0.25) is 30.2 Å². The minimum atomic E-state index is -0.765. The highest BCUT2D eigenvalue weighted by Gasteiger charge is 2.46. The summed E-state index contributed by atoms with van der Waals surface area (Å²) in [6, 6.07) is 29.7. The van der Waals surface area contributed by atoms with Crippen LogP contribution in [0.4, 0.5) is 23.2 Å². The highest BCUT2D eigenvalue weighted by atomic mass is 32.1. The molecule has 6 N–H and O–H groups in total. The number of benzene rings is 4. The number of H-pyrrole nitrogens is 2. The molecule has 5 saturated heterocycles. The predicted molar refractivity (Wildman–Crippen MR) is 502 cm³/mol.